The predicted octanol–water partition coefficient (Wildman–Crippen LogP) is 3.34. The lowest BCUT2D eigenvalue weighted by atomic mass is 10.0. The predicted molar refractivity (Wildman–Crippen MR) is 70.1 cm³/mol. The molecule has 0 spiro atoms. The molecule has 18 heavy (non-hydrogen) atoms. The molecule has 0 saturated carbocycles. The first-order chi connectivity index (χ1) is 8.75. The summed E-state index contributed by atoms with van der Waals surface area (Å²) in [5.74, 6) is -0.926. The highest BCUT2D eigenvalue weighted by atomic mass is 16.4. The van der Waals surface area contributed by atoms with Gasteiger partial charge in [0.2, 0.25) is 0 Å². The minimum Gasteiger partial charge on any atom is -0.480 e. The smallest absolute Gasteiger partial charge is 0.328 e. The maximum Gasteiger partial charge on any atom is 0.328 e. The van der Waals surface area contributed by atoms with Gasteiger partial charge >= 0.3 is 5.97 Å². The monoisotopic (exact) mass is 256 g/mol. The summed E-state index contributed by atoms with van der Waals surface area (Å²) in [5.41, 5.74) is 0. The number of rotatable bonds is 2. The Balaban J connectivity index is 2.53. The Morgan fingerprint density at radius 2 is 1.44 bits per heavy atom. The quantitative estimate of drug-likeness (QED) is 0.769. The van der Waals surface area contributed by atoms with Gasteiger partial charge in [0.25, 0.3) is 0 Å². The van der Waals surface area contributed by atoms with Crippen LogP contribution in [-0.2, 0) is 4.79 Å². The van der Waals surface area contributed by atoms with Gasteiger partial charge < -0.3 is 5.11 Å². The summed E-state index contributed by atoms with van der Waals surface area (Å²) in [7, 11) is 0. The molecule has 0 aromatic heterocycles. The third-order valence-electron chi connectivity index (χ3n) is 3.61. The topological polar surface area (TPSA) is 70.0 Å². The molecule has 1 unspecified atom stereocenters. The van der Waals surface area contributed by atoms with Crippen molar-refractivity contribution in [2.24, 2.45) is 5.29 Å². The van der Waals surface area contributed by atoms with Crippen LogP contribution in [0.3, 0.4) is 0 Å². The number of nitroso groups, excluding NO2 is 1. The van der Waals surface area contributed by atoms with Gasteiger partial charge in [0.05, 0.1) is 5.29 Å². The number of aliphatic carboxylic acids is 1. The molecule has 5 heteroatoms. The number of carboxylic acid groups (broad SMARTS) is 1. The fraction of sp³-hybridized carbons (Fsp3) is 0.923. The number of nitrogens with zero attached hydrogens (tertiary/aromatic N) is 2. The molecule has 0 radical (unpaired) electrons. The Kier molecular flexibility index (Phi) is 7.37. The van der Waals surface area contributed by atoms with Crippen LogP contribution in [0.25, 0.3) is 0 Å². The number of carbonyl (C=O) groups is 1. The van der Waals surface area contributed by atoms with E-state index < -0.39 is 12.0 Å². The Morgan fingerprint density at radius 3 is 1.94 bits per heavy atom. The van der Waals surface area contributed by atoms with Gasteiger partial charge in [-0.1, -0.05) is 51.4 Å². The molecule has 5 nitrogen and oxygen atoms in total. The van der Waals surface area contributed by atoms with Gasteiger partial charge in [-0.15, -0.1) is 4.91 Å². The molecule has 1 aliphatic rings. The van der Waals surface area contributed by atoms with Crippen molar-refractivity contribution in [1.29, 1.82) is 0 Å². The Labute approximate surface area is 108 Å². The lowest BCUT2D eigenvalue weighted by molar-refractivity contribution is -0.143. The van der Waals surface area contributed by atoms with Gasteiger partial charge in [-0.3, -0.25) is 0 Å². The van der Waals surface area contributed by atoms with Crippen LogP contribution in [0.1, 0.15) is 64.2 Å². The summed E-state index contributed by atoms with van der Waals surface area (Å²) < 4.78 is 0. The Bertz CT molecular complexity index is 259. The van der Waals surface area contributed by atoms with Crippen LogP contribution in [0.5, 0.6) is 0 Å². The minimum absolute atomic E-state index is 0.473. The third-order valence-corrected chi connectivity index (χ3v) is 3.61. The molecule has 104 valence electrons. The van der Waals surface area contributed by atoms with Crippen molar-refractivity contribution >= 4 is 5.97 Å². The van der Waals surface area contributed by atoms with Crippen molar-refractivity contribution in [3.63, 3.8) is 0 Å². The van der Waals surface area contributed by atoms with Crippen molar-refractivity contribution in [2.75, 3.05) is 6.54 Å². The summed E-state index contributed by atoms with van der Waals surface area (Å²) in [4.78, 5) is 21.9. The highest BCUT2D eigenvalue weighted by Crippen LogP contribution is 2.16. The van der Waals surface area contributed by atoms with Crippen LogP contribution >= 0.6 is 0 Å². The van der Waals surface area contributed by atoms with E-state index in [1.165, 1.54) is 37.1 Å². The van der Waals surface area contributed by atoms with Crippen LogP contribution in [-0.4, -0.2) is 28.7 Å². The molecular weight excluding hydrogens is 232 g/mol. The van der Waals surface area contributed by atoms with E-state index >= 15 is 0 Å². The second-order valence-electron chi connectivity index (χ2n) is 5.07. The lowest BCUT2D eigenvalue weighted by Gasteiger charge is -2.22. The SMILES string of the molecule is O=NN1CCCCCCCCCCCC1C(=O)O. The zero-order chi connectivity index (χ0) is 13.2. The molecule has 0 amide bonds. The Morgan fingerprint density at radius 1 is 0.944 bits per heavy atom. The number of hydrogen-bond donors (Lipinski definition) is 1. The number of hydrogen-bond acceptors (Lipinski definition) is 3. The fourth-order valence-electron chi connectivity index (χ4n) is 2.50. The molecule has 0 aromatic carbocycles. The molecule has 1 fully saturated rings. The van der Waals surface area contributed by atoms with Crippen molar-refractivity contribution in [3.05, 3.63) is 4.91 Å². The van der Waals surface area contributed by atoms with Crippen LogP contribution < -0.4 is 0 Å². The van der Waals surface area contributed by atoms with Gasteiger partial charge in [0.1, 0.15) is 6.04 Å². The van der Waals surface area contributed by atoms with Gasteiger partial charge in [0, 0.05) is 6.54 Å². The molecule has 1 rings (SSSR count). The van der Waals surface area contributed by atoms with Crippen LogP contribution in [0.15, 0.2) is 5.29 Å². The van der Waals surface area contributed by atoms with E-state index in [0.29, 0.717) is 13.0 Å². The van der Waals surface area contributed by atoms with Crippen molar-refractivity contribution in [2.45, 2.75) is 70.3 Å². The molecule has 1 aliphatic heterocycles. The summed E-state index contributed by atoms with van der Waals surface area (Å²) in [6.45, 7) is 0.473. The molecule has 1 heterocycles. The van der Waals surface area contributed by atoms with Crippen LogP contribution in [0, 0.1) is 4.91 Å². The second kappa shape index (κ2) is 8.89. The van der Waals surface area contributed by atoms with E-state index in [1.807, 2.05) is 0 Å². The maximum absolute atomic E-state index is 11.2. The highest BCUT2D eigenvalue weighted by Gasteiger charge is 2.24. The van der Waals surface area contributed by atoms with Gasteiger partial charge in [-0.05, 0) is 12.8 Å². The van der Waals surface area contributed by atoms with Gasteiger partial charge in [0.15, 0.2) is 0 Å². The van der Waals surface area contributed by atoms with Crippen molar-refractivity contribution in [1.82, 2.24) is 5.01 Å². The molecule has 0 aromatic rings. The summed E-state index contributed by atoms with van der Waals surface area (Å²) in [6.07, 6.45) is 10.5. The van der Waals surface area contributed by atoms with E-state index in [4.69, 9.17) is 5.11 Å². The largest absolute Gasteiger partial charge is 0.480 e. The molecule has 1 atom stereocenters. The maximum atomic E-state index is 11.2. The average Bonchev–Trinajstić information content (AvgIpc) is 2.38. The third kappa shape index (κ3) is 5.47. The zero-order valence-electron chi connectivity index (χ0n) is 11.0. The fourth-order valence-corrected chi connectivity index (χ4v) is 2.50. The summed E-state index contributed by atoms with van der Waals surface area (Å²) >= 11 is 0. The van der Waals surface area contributed by atoms with E-state index in [-0.39, 0.29) is 0 Å². The summed E-state index contributed by atoms with van der Waals surface area (Å²) in [5, 5.41) is 13.3. The molecule has 1 saturated heterocycles. The van der Waals surface area contributed by atoms with E-state index in [9.17, 15) is 9.70 Å². The normalized spacial score (nSPS) is 24.4. The zero-order valence-corrected chi connectivity index (χ0v) is 11.0. The van der Waals surface area contributed by atoms with E-state index in [2.05, 4.69) is 5.29 Å². The first-order valence-electron chi connectivity index (χ1n) is 7.08. The minimum atomic E-state index is -0.926. The van der Waals surface area contributed by atoms with E-state index in [1.54, 1.807) is 0 Å². The lowest BCUT2D eigenvalue weighted by Crippen LogP contribution is -2.38. The Hall–Kier alpha value is -1.13. The number of carboxylic acids is 1. The van der Waals surface area contributed by atoms with Crippen molar-refractivity contribution in [3.8, 4) is 0 Å². The highest BCUT2D eigenvalue weighted by molar-refractivity contribution is 5.73. The average molecular weight is 256 g/mol. The molecule has 0 aliphatic carbocycles. The van der Waals surface area contributed by atoms with Gasteiger partial charge in [-0.2, -0.15) is 0 Å². The first-order valence-corrected chi connectivity index (χ1v) is 7.08. The van der Waals surface area contributed by atoms with Gasteiger partial charge in [-0.25, -0.2) is 9.80 Å². The standard InChI is InChI=1S/C13H24N2O3/c16-13(17)12-10-8-6-4-2-1-3-5-7-9-11-15(12)14-18/h12H,1-11H2,(H,16,17). The van der Waals surface area contributed by atoms with Crippen LogP contribution in [0.4, 0.5) is 0 Å². The first kappa shape index (κ1) is 14.9. The van der Waals surface area contributed by atoms with Crippen LogP contribution in [0.2, 0.25) is 0 Å². The summed E-state index contributed by atoms with van der Waals surface area (Å²) in [6, 6.07) is -0.733. The molecule has 0 bridgehead atoms. The van der Waals surface area contributed by atoms with E-state index in [0.717, 1.165) is 25.7 Å². The molecule has 1 N–H and O–H groups in total. The molecular formula is C13H24N2O3. The second-order valence-corrected chi connectivity index (χ2v) is 5.07. The van der Waals surface area contributed by atoms with Crippen molar-refractivity contribution < 1.29 is 9.90 Å².